The lowest BCUT2D eigenvalue weighted by Crippen LogP contribution is -2.29. The Hall–Kier alpha value is -2.88. The number of benzene rings is 2. The number of fused-ring (bicyclic) bond motifs is 1. The molecule has 1 N–H and O–H groups in total. The largest absolute Gasteiger partial charge is 0.464 e. The minimum atomic E-state index is -1.26. The molecule has 4 nitrogen and oxygen atoms in total. The predicted octanol–water partition coefficient (Wildman–Crippen LogP) is 3.12. The first-order valence-corrected chi connectivity index (χ1v) is 6.58. The molecule has 0 unspecified atom stereocenters. The van der Waals surface area contributed by atoms with Gasteiger partial charge in [0.25, 0.3) is 5.56 Å². The van der Waals surface area contributed by atoms with Crippen LogP contribution in [0, 0.1) is 0 Å². The van der Waals surface area contributed by atoms with E-state index in [1.807, 2.05) is 42.5 Å². The molecule has 21 heavy (non-hydrogen) atoms. The van der Waals surface area contributed by atoms with E-state index < -0.39 is 11.7 Å². The summed E-state index contributed by atoms with van der Waals surface area (Å²) in [5, 5.41) is 10.1. The van der Waals surface area contributed by atoms with E-state index in [1.165, 1.54) is 0 Å². The van der Waals surface area contributed by atoms with E-state index in [0.717, 1.165) is 15.5 Å². The van der Waals surface area contributed by atoms with Crippen LogP contribution in [0.4, 0.5) is 4.79 Å². The van der Waals surface area contributed by atoms with Crippen LogP contribution in [-0.2, 0) is 6.42 Å². The Kier molecular flexibility index (Phi) is 3.28. The summed E-state index contributed by atoms with van der Waals surface area (Å²) in [6, 6.07) is 18.3. The van der Waals surface area contributed by atoms with Crippen molar-refractivity contribution in [3.63, 3.8) is 0 Å². The topological polar surface area (TPSA) is 59.3 Å². The average molecular weight is 279 g/mol. The van der Waals surface area contributed by atoms with Gasteiger partial charge in [-0.2, -0.15) is 0 Å². The van der Waals surface area contributed by atoms with Crippen LogP contribution in [-0.4, -0.2) is 15.8 Å². The number of hydrogen-bond donors (Lipinski definition) is 1. The van der Waals surface area contributed by atoms with Crippen molar-refractivity contribution in [2.24, 2.45) is 0 Å². The maximum Gasteiger partial charge on any atom is 0.419 e. The normalized spacial score (nSPS) is 10.7. The molecule has 1 heterocycles. The fraction of sp³-hybridized carbons (Fsp3) is 0.0588. The summed E-state index contributed by atoms with van der Waals surface area (Å²) in [4.78, 5) is 23.8. The first-order chi connectivity index (χ1) is 10.2. The Labute approximate surface area is 120 Å². The van der Waals surface area contributed by atoms with Gasteiger partial charge in [-0.05, 0) is 23.1 Å². The van der Waals surface area contributed by atoms with Gasteiger partial charge in [0.2, 0.25) is 0 Å². The Morgan fingerprint density at radius 3 is 2.38 bits per heavy atom. The summed E-state index contributed by atoms with van der Waals surface area (Å²) >= 11 is 0. The molecule has 0 spiro atoms. The van der Waals surface area contributed by atoms with Crippen molar-refractivity contribution in [2.45, 2.75) is 6.42 Å². The van der Waals surface area contributed by atoms with Gasteiger partial charge in [0.15, 0.2) is 0 Å². The smallest absolute Gasteiger partial charge is 0.419 e. The van der Waals surface area contributed by atoms with Crippen molar-refractivity contribution in [3.05, 3.63) is 82.1 Å². The number of pyridine rings is 1. The van der Waals surface area contributed by atoms with Gasteiger partial charge in [-0.3, -0.25) is 4.79 Å². The zero-order chi connectivity index (χ0) is 14.8. The van der Waals surface area contributed by atoms with Gasteiger partial charge in [0, 0.05) is 12.0 Å². The molecule has 0 amide bonds. The summed E-state index contributed by atoms with van der Waals surface area (Å²) in [6.45, 7) is 0. The predicted molar refractivity (Wildman–Crippen MR) is 80.9 cm³/mol. The molecule has 0 radical (unpaired) electrons. The second-order valence-corrected chi connectivity index (χ2v) is 4.81. The van der Waals surface area contributed by atoms with Crippen molar-refractivity contribution >= 4 is 17.0 Å². The number of nitrogens with zero attached hydrogens (tertiary/aromatic N) is 1. The number of carbonyl (C=O) groups is 1. The van der Waals surface area contributed by atoms with Crippen molar-refractivity contribution in [1.82, 2.24) is 4.57 Å². The standard InChI is InChI=1S/C17H13NO3/c19-16-14(10-12-6-2-1-3-7-12)11-13-8-4-5-9-15(13)18(16)17(20)21/h1-9,11H,10H2,(H,20,21). The number of aromatic nitrogens is 1. The number of para-hydroxylation sites is 1. The van der Waals surface area contributed by atoms with Crippen molar-refractivity contribution < 1.29 is 9.90 Å². The monoisotopic (exact) mass is 279 g/mol. The Morgan fingerprint density at radius 1 is 1.00 bits per heavy atom. The van der Waals surface area contributed by atoms with Gasteiger partial charge in [-0.15, -0.1) is 0 Å². The van der Waals surface area contributed by atoms with Crippen LogP contribution < -0.4 is 5.56 Å². The molecule has 0 aliphatic rings. The fourth-order valence-corrected chi connectivity index (χ4v) is 2.45. The van der Waals surface area contributed by atoms with E-state index in [2.05, 4.69) is 0 Å². The fourth-order valence-electron chi connectivity index (χ4n) is 2.45. The average Bonchev–Trinajstić information content (AvgIpc) is 2.49. The summed E-state index contributed by atoms with van der Waals surface area (Å²) in [5.74, 6) is 0. The van der Waals surface area contributed by atoms with Crippen molar-refractivity contribution in [3.8, 4) is 0 Å². The van der Waals surface area contributed by atoms with Crippen LogP contribution in [0.2, 0.25) is 0 Å². The van der Waals surface area contributed by atoms with Crippen molar-refractivity contribution in [2.75, 3.05) is 0 Å². The maximum atomic E-state index is 12.4. The van der Waals surface area contributed by atoms with Crippen LogP contribution in [0.1, 0.15) is 11.1 Å². The summed E-state index contributed by atoms with van der Waals surface area (Å²) in [7, 11) is 0. The highest BCUT2D eigenvalue weighted by Gasteiger charge is 2.14. The first kappa shape index (κ1) is 13.1. The molecular weight excluding hydrogens is 266 g/mol. The van der Waals surface area contributed by atoms with E-state index in [9.17, 15) is 14.7 Å². The Balaban J connectivity index is 2.22. The molecule has 0 bridgehead atoms. The van der Waals surface area contributed by atoms with E-state index in [0.29, 0.717) is 17.5 Å². The summed E-state index contributed by atoms with van der Waals surface area (Å²) < 4.78 is 0.813. The lowest BCUT2D eigenvalue weighted by atomic mass is 10.0. The second-order valence-electron chi connectivity index (χ2n) is 4.81. The first-order valence-electron chi connectivity index (χ1n) is 6.58. The van der Waals surface area contributed by atoms with Crippen LogP contribution in [0.15, 0.2) is 65.5 Å². The van der Waals surface area contributed by atoms with Gasteiger partial charge in [-0.25, -0.2) is 9.36 Å². The SMILES string of the molecule is O=C(O)n1c(=O)c(Cc2ccccc2)cc2ccccc21. The van der Waals surface area contributed by atoms with E-state index >= 15 is 0 Å². The third kappa shape index (κ3) is 2.43. The van der Waals surface area contributed by atoms with Crippen LogP contribution in [0.5, 0.6) is 0 Å². The van der Waals surface area contributed by atoms with E-state index in [1.54, 1.807) is 18.2 Å². The van der Waals surface area contributed by atoms with E-state index in [4.69, 9.17) is 0 Å². The quantitative estimate of drug-likeness (QED) is 0.784. The molecule has 0 aliphatic carbocycles. The molecule has 2 aromatic carbocycles. The zero-order valence-electron chi connectivity index (χ0n) is 11.2. The summed E-state index contributed by atoms with van der Waals surface area (Å²) in [6.07, 6.45) is -0.844. The van der Waals surface area contributed by atoms with Gasteiger partial charge < -0.3 is 5.11 Å². The highest BCUT2D eigenvalue weighted by Crippen LogP contribution is 2.15. The molecule has 0 fully saturated rings. The van der Waals surface area contributed by atoms with Gasteiger partial charge >= 0.3 is 6.09 Å². The van der Waals surface area contributed by atoms with Crippen LogP contribution >= 0.6 is 0 Å². The summed E-state index contributed by atoms with van der Waals surface area (Å²) in [5.41, 5.74) is 1.38. The lowest BCUT2D eigenvalue weighted by Gasteiger charge is -2.09. The Morgan fingerprint density at radius 2 is 1.67 bits per heavy atom. The van der Waals surface area contributed by atoms with Gasteiger partial charge in [0.1, 0.15) is 0 Å². The van der Waals surface area contributed by atoms with Crippen LogP contribution in [0.3, 0.4) is 0 Å². The maximum absolute atomic E-state index is 12.4. The van der Waals surface area contributed by atoms with Crippen molar-refractivity contribution in [1.29, 1.82) is 0 Å². The van der Waals surface area contributed by atoms with Gasteiger partial charge in [0.05, 0.1) is 5.52 Å². The molecule has 1 aromatic heterocycles. The molecule has 0 aliphatic heterocycles. The minimum absolute atomic E-state index is 0.409. The highest BCUT2D eigenvalue weighted by atomic mass is 16.4. The van der Waals surface area contributed by atoms with Gasteiger partial charge in [-0.1, -0.05) is 48.5 Å². The molecule has 0 saturated carbocycles. The van der Waals surface area contributed by atoms with Crippen LogP contribution in [0.25, 0.3) is 10.9 Å². The molecule has 3 rings (SSSR count). The molecule has 0 atom stereocenters. The lowest BCUT2D eigenvalue weighted by molar-refractivity contribution is 0.196. The number of hydrogen-bond acceptors (Lipinski definition) is 2. The molecule has 3 aromatic rings. The van der Waals surface area contributed by atoms with E-state index in [-0.39, 0.29) is 0 Å². The zero-order valence-corrected chi connectivity index (χ0v) is 11.2. The second kappa shape index (κ2) is 5.25. The minimum Gasteiger partial charge on any atom is -0.464 e. The number of carboxylic acid groups (broad SMARTS) is 1. The Bertz CT molecular complexity index is 866. The molecular formula is C17H13NO3. The molecule has 4 heteroatoms. The third-order valence-corrected chi connectivity index (χ3v) is 3.41. The number of rotatable bonds is 2. The third-order valence-electron chi connectivity index (χ3n) is 3.41. The highest BCUT2D eigenvalue weighted by molar-refractivity contribution is 5.87. The molecule has 104 valence electrons. The molecule has 0 saturated heterocycles.